The van der Waals surface area contributed by atoms with E-state index in [-0.39, 0.29) is 17.2 Å². The van der Waals surface area contributed by atoms with Crippen LogP contribution < -0.4 is 4.74 Å². The van der Waals surface area contributed by atoms with Crippen LogP contribution in [0.1, 0.15) is 89.0 Å². The topological polar surface area (TPSA) is 9.23 Å². The van der Waals surface area contributed by atoms with Crippen molar-refractivity contribution in [3.8, 4) is 16.9 Å². The molecule has 1 heterocycles. The van der Waals surface area contributed by atoms with Crippen LogP contribution in [0.4, 0.5) is 17.6 Å². The van der Waals surface area contributed by atoms with Crippen molar-refractivity contribution >= 4 is 8.80 Å². The minimum atomic E-state index is -2.93. The number of benzene rings is 2. The monoisotopic (exact) mass is 534 g/mol. The number of hydrogen-bond acceptors (Lipinski definition) is 1. The van der Waals surface area contributed by atoms with E-state index in [1.165, 1.54) is 81.3 Å². The molecule has 6 heteroatoms. The van der Waals surface area contributed by atoms with E-state index in [0.29, 0.717) is 5.56 Å². The van der Waals surface area contributed by atoms with Gasteiger partial charge in [0.1, 0.15) is 17.4 Å². The lowest BCUT2D eigenvalue weighted by atomic mass is 9.76. The van der Waals surface area contributed by atoms with Gasteiger partial charge in [0.25, 0.3) is 0 Å². The molecule has 2 aromatic carbocycles. The minimum Gasteiger partial charge on any atom is -0.435 e. The molecule has 0 N–H and O–H groups in total. The van der Waals surface area contributed by atoms with Crippen LogP contribution in [0.5, 0.6) is 5.75 Å². The van der Waals surface area contributed by atoms with Gasteiger partial charge in [-0.3, -0.25) is 0 Å². The molecule has 2 aliphatic rings. The van der Waals surface area contributed by atoms with Gasteiger partial charge < -0.3 is 4.74 Å². The van der Waals surface area contributed by atoms with Gasteiger partial charge in [0.2, 0.25) is 0 Å². The predicted molar refractivity (Wildman–Crippen MR) is 146 cm³/mol. The Hall–Kier alpha value is -1.82. The molecule has 2 aromatic rings. The average Bonchev–Trinajstić information content (AvgIpc) is 2.89. The van der Waals surface area contributed by atoms with Crippen LogP contribution in [0.25, 0.3) is 11.1 Å². The van der Waals surface area contributed by atoms with Crippen molar-refractivity contribution in [2.45, 2.75) is 108 Å². The second-order valence-electron chi connectivity index (χ2n) is 11.4. The molecule has 4 rings (SSSR count). The number of unbranched alkanes of at least 4 members (excludes halogenated alkanes) is 2. The molecule has 0 aromatic heterocycles. The Labute approximate surface area is 221 Å². The van der Waals surface area contributed by atoms with Gasteiger partial charge in [-0.15, -0.1) is 0 Å². The van der Waals surface area contributed by atoms with Gasteiger partial charge in [-0.1, -0.05) is 82.1 Å². The smallest absolute Gasteiger partial charge is 0.387 e. The molecule has 0 unspecified atom stereocenters. The second kappa shape index (κ2) is 13.8. The van der Waals surface area contributed by atoms with Crippen LogP contribution >= 0.6 is 0 Å². The van der Waals surface area contributed by atoms with Crippen LogP contribution in [-0.4, -0.2) is 15.4 Å². The molecule has 1 aliphatic carbocycles. The van der Waals surface area contributed by atoms with Crippen molar-refractivity contribution in [1.82, 2.24) is 0 Å². The molecule has 0 atom stereocenters. The molecule has 2 fully saturated rings. The molecule has 1 nitrogen and oxygen atoms in total. The summed E-state index contributed by atoms with van der Waals surface area (Å²) in [5, 5.41) is 0. The zero-order chi connectivity index (χ0) is 26.2. The van der Waals surface area contributed by atoms with E-state index in [0.717, 1.165) is 43.1 Å². The normalized spacial score (nSPS) is 24.4. The third-order valence-corrected chi connectivity index (χ3v) is 12.4. The number of ether oxygens (including phenoxy) is 1. The molecule has 204 valence electrons. The summed E-state index contributed by atoms with van der Waals surface area (Å²) in [6.45, 7) is -0.644. The van der Waals surface area contributed by atoms with Gasteiger partial charge in [-0.05, 0) is 78.8 Å². The Bertz CT molecular complexity index is 941. The first-order valence-corrected chi connectivity index (χ1v) is 16.9. The van der Waals surface area contributed by atoms with Crippen molar-refractivity contribution in [2.24, 2.45) is 11.8 Å². The number of hydrogen-bond donors (Lipinski definition) is 0. The molecule has 1 saturated heterocycles. The summed E-state index contributed by atoms with van der Waals surface area (Å²) < 4.78 is 59.0. The Morgan fingerprint density at radius 1 is 0.838 bits per heavy atom. The quantitative estimate of drug-likeness (QED) is 0.158. The maximum atomic E-state index is 15.0. The van der Waals surface area contributed by atoms with Gasteiger partial charge >= 0.3 is 6.61 Å². The van der Waals surface area contributed by atoms with Gasteiger partial charge in [0.05, 0.1) is 5.56 Å². The van der Waals surface area contributed by atoms with Crippen LogP contribution in [0, 0.1) is 23.5 Å². The molecule has 0 bridgehead atoms. The summed E-state index contributed by atoms with van der Waals surface area (Å²) in [6.07, 6.45) is 14.1. The highest BCUT2D eigenvalue weighted by atomic mass is 28.3. The van der Waals surface area contributed by atoms with Crippen molar-refractivity contribution in [3.05, 3.63) is 53.6 Å². The fourth-order valence-electron chi connectivity index (χ4n) is 6.65. The largest absolute Gasteiger partial charge is 0.435 e. The van der Waals surface area contributed by atoms with Gasteiger partial charge in [0.15, 0.2) is 0 Å². The van der Waals surface area contributed by atoms with E-state index in [4.69, 9.17) is 0 Å². The highest BCUT2D eigenvalue weighted by molar-refractivity contribution is 6.58. The number of alkyl halides is 2. The molecule has 37 heavy (non-hydrogen) atoms. The first kappa shape index (κ1) is 28.2. The van der Waals surface area contributed by atoms with Gasteiger partial charge in [0, 0.05) is 8.80 Å². The molecule has 0 spiro atoms. The van der Waals surface area contributed by atoms with E-state index in [9.17, 15) is 17.6 Å². The van der Waals surface area contributed by atoms with Crippen LogP contribution in [0.15, 0.2) is 36.4 Å². The SMILES string of the molecule is CCCCC[Si@H]1CC[C@H](CCC2CCC(c3cc(F)c(-c4ccc(OC(F)F)cc4)c(F)c3)CC2)CC1. The fraction of sp³-hybridized carbons (Fsp3) is 0.613. The Balaban J connectivity index is 1.24. The lowest BCUT2D eigenvalue weighted by molar-refractivity contribution is -0.0498. The molecule has 0 radical (unpaired) electrons. The standard InChI is InChI=1S/C31H42F4OSi/c1-2-3-4-17-37-18-15-23(16-19-37)6-5-22-7-9-24(10-8-22)26-20-28(32)30(29(33)21-26)25-11-13-27(14-12-25)36-31(34)35/h11-14,20-24,31,37H,2-10,15-19H2,1H3/t22?,23-,24?,37-. The summed E-state index contributed by atoms with van der Waals surface area (Å²) in [6, 6.07) is 13.0. The maximum Gasteiger partial charge on any atom is 0.387 e. The molecular weight excluding hydrogens is 492 g/mol. The zero-order valence-corrected chi connectivity index (χ0v) is 23.3. The average molecular weight is 535 g/mol. The third-order valence-electron chi connectivity index (χ3n) is 8.92. The Morgan fingerprint density at radius 2 is 1.43 bits per heavy atom. The summed E-state index contributed by atoms with van der Waals surface area (Å²) in [5.74, 6) is 0.630. The van der Waals surface area contributed by atoms with Gasteiger partial charge in [-0.2, -0.15) is 8.78 Å². The lowest BCUT2D eigenvalue weighted by Crippen LogP contribution is -2.22. The van der Waals surface area contributed by atoms with Crippen LogP contribution in [0.2, 0.25) is 18.1 Å². The first-order chi connectivity index (χ1) is 17.9. The van der Waals surface area contributed by atoms with Crippen molar-refractivity contribution in [1.29, 1.82) is 0 Å². The van der Waals surface area contributed by atoms with Crippen molar-refractivity contribution in [3.63, 3.8) is 0 Å². The van der Waals surface area contributed by atoms with E-state index in [2.05, 4.69) is 11.7 Å². The highest BCUT2D eigenvalue weighted by Gasteiger charge is 2.27. The van der Waals surface area contributed by atoms with Crippen molar-refractivity contribution in [2.75, 3.05) is 0 Å². The third kappa shape index (κ3) is 8.08. The van der Waals surface area contributed by atoms with E-state index >= 15 is 0 Å². The molecule has 0 amide bonds. The van der Waals surface area contributed by atoms with E-state index in [1.807, 2.05) is 0 Å². The molecule has 1 aliphatic heterocycles. The maximum absolute atomic E-state index is 15.0. The highest BCUT2D eigenvalue weighted by Crippen LogP contribution is 2.41. The fourth-order valence-corrected chi connectivity index (χ4v) is 10.3. The second-order valence-corrected chi connectivity index (χ2v) is 14.9. The zero-order valence-electron chi connectivity index (χ0n) is 22.2. The van der Waals surface area contributed by atoms with E-state index < -0.39 is 27.0 Å². The lowest BCUT2D eigenvalue weighted by Gasteiger charge is -2.32. The Kier molecular flexibility index (Phi) is 10.5. The summed E-state index contributed by atoms with van der Waals surface area (Å²) in [7, 11) is -0.433. The molecular formula is C31H42F4OSi. The summed E-state index contributed by atoms with van der Waals surface area (Å²) in [4.78, 5) is 0. The summed E-state index contributed by atoms with van der Waals surface area (Å²) >= 11 is 0. The van der Waals surface area contributed by atoms with Crippen LogP contribution in [0.3, 0.4) is 0 Å². The number of rotatable bonds is 11. The predicted octanol–water partition coefficient (Wildman–Crippen LogP) is 10.1. The van der Waals surface area contributed by atoms with Crippen LogP contribution in [-0.2, 0) is 0 Å². The minimum absolute atomic E-state index is 0.0371. The molecule has 1 saturated carbocycles. The first-order valence-electron chi connectivity index (χ1n) is 14.5. The van der Waals surface area contributed by atoms with Crippen molar-refractivity contribution < 1.29 is 22.3 Å². The Morgan fingerprint density at radius 3 is 2.00 bits per heavy atom. The van der Waals surface area contributed by atoms with Gasteiger partial charge in [-0.25, -0.2) is 8.78 Å². The number of halogens is 4. The van der Waals surface area contributed by atoms with E-state index in [1.54, 1.807) is 18.1 Å². The summed E-state index contributed by atoms with van der Waals surface area (Å²) in [5.41, 5.74) is 0.926.